The molecule has 0 saturated carbocycles. The van der Waals surface area contributed by atoms with E-state index in [4.69, 9.17) is 9.47 Å². The zero-order valence-electron chi connectivity index (χ0n) is 13.8. The molecule has 0 unspecified atom stereocenters. The van der Waals surface area contributed by atoms with Gasteiger partial charge in [-0.15, -0.1) is 0 Å². The van der Waals surface area contributed by atoms with Gasteiger partial charge in [0.15, 0.2) is 0 Å². The first-order valence-electron chi connectivity index (χ1n) is 7.18. The fourth-order valence-electron chi connectivity index (χ4n) is 2.84. The normalized spacial score (nSPS) is 15.2. The smallest absolute Gasteiger partial charge is 0.336 e. The third-order valence-electron chi connectivity index (χ3n) is 3.90. The van der Waals surface area contributed by atoms with E-state index in [9.17, 15) is 19.8 Å². The standard InChI is InChI=1S/C17H19NO6/c1-8-13(16(21)23-3)15(11-6-5-10(19)7-12(11)20)14(9(2)18-8)17(22)24-4/h5-7,15,18-20H,1-4H3. The molecule has 0 amide bonds. The van der Waals surface area contributed by atoms with Crippen LogP contribution in [-0.4, -0.2) is 36.4 Å². The summed E-state index contributed by atoms with van der Waals surface area (Å²) in [6.45, 7) is 3.35. The van der Waals surface area contributed by atoms with E-state index >= 15 is 0 Å². The predicted molar refractivity (Wildman–Crippen MR) is 85.1 cm³/mol. The summed E-state index contributed by atoms with van der Waals surface area (Å²) >= 11 is 0. The summed E-state index contributed by atoms with van der Waals surface area (Å²) in [6.07, 6.45) is 0. The molecule has 128 valence electrons. The molecular formula is C17H19NO6. The number of allylic oxidation sites excluding steroid dienone is 2. The molecule has 0 atom stereocenters. The van der Waals surface area contributed by atoms with Crippen molar-refractivity contribution >= 4 is 11.9 Å². The molecule has 1 heterocycles. The van der Waals surface area contributed by atoms with Gasteiger partial charge >= 0.3 is 11.9 Å². The van der Waals surface area contributed by atoms with Gasteiger partial charge in [0.05, 0.1) is 31.3 Å². The Labute approximate surface area is 139 Å². The molecule has 3 N–H and O–H groups in total. The van der Waals surface area contributed by atoms with Crippen molar-refractivity contribution in [3.05, 3.63) is 46.3 Å². The number of nitrogens with one attached hydrogen (secondary N) is 1. The number of carbonyl (C=O) groups is 2. The van der Waals surface area contributed by atoms with Crippen LogP contribution < -0.4 is 5.32 Å². The van der Waals surface area contributed by atoms with Crippen LogP contribution in [-0.2, 0) is 19.1 Å². The molecule has 1 aromatic rings. The second kappa shape index (κ2) is 6.66. The first-order chi connectivity index (χ1) is 11.3. The molecule has 0 fully saturated rings. The lowest BCUT2D eigenvalue weighted by molar-refractivity contribution is -0.137. The molecule has 0 saturated heterocycles. The molecular weight excluding hydrogens is 314 g/mol. The molecule has 0 aliphatic carbocycles. The van der Waals surface area contributed by atoms with Crippen LogP contribution in [0.2, 0.25) is 0 Å². The van der Waals surface area contributed by atoms with Crippen molar-refractivity contribution in [1.29, 1.82) is 0 Å². The molecule has 7 heteroatoms. The van der Waals surface area contributed by atoms with Crippen molar-refractivity contribution in [2.75, 3.05) is 14.2 Å². The van der Waals surface area contributed by atoms with Crippen LogP contribution in [0.25, 0.3) is 0 Å². The molecule has 0 spiro atoms. The van der Waals surface area contributed by atoms with Gasteiger partial charge in [0.2, 0.25) is 0 Å². The monoisotopic (exact) mass is 333 g/mol. The van der Waals surface area contributed by atoms with Crippen LogP contribution in [0.5, 0.6) is 11.5 Å². The molecule has 2 rings (SSSR count). The van der Waals surface area contributed by atoms with Crippen LogP contribution in [0.3, 0.4) is 0 Å². The minimum atomic E-state index is -0.883. The third kappa shape index (κ3) is 2.92. The van der Waals surface area contributed by atoms with Gasteiger partial charge in [0.1, 0.15) is 11.5 Å². The van der Waals surface area contributed by atoms with Crippen LogP contribution in [0, 0.1) is 0 Å². The number of carbonyl (C=O) groups excluding carboxylic acids is 2. The summed E-state index contributed by atoms with van der Waals surface area (Å²) < 4.78 is 9.66. The van der Waals surface area contributed by atoms with Crippen molar-refractivity contribution in [2.45, 2.75) is 19.8 Å². The highest BCUT2D eigenvalue weighted by Gasteiger charge is 2.38. The predicted octanol–water partition coefficient (Wildman–Crippen LogP) is 1.68. The van der Waals surface area contributed by atoms with Gasteiger partial charge in [-0.05, 0) is 19.9 Å². The Balaban J connectivity index is 2.74. The molecule has 1 aliphatic heterocycles. The first-order valence-corrected chi connectivity index (χ1v) is 7.18. The van der Waals surface area contributed by atoms with E-state index in [-0.39, 0.29) is 28.2 Å². The number of hydrogen-bond acceptors (Lipinski definition) is 7. The molecule has 0 bridgehead atoms. The highest BCUT2D eigenvalue weighted by molar-refractivity contribution is 6.00. The van der Waals surface area contributed by atoms with E-state index in [0.717, 1.165) is 6.07 Å². The number of dihydropyridines is 1. The lowest BCUT2D eigenvalue weighted by Crippen LogP contribution is -2.32. The average molecular weight is 333 g/mol. The van der Waals surface area contributed by atoms with Gasteiger partial charge in [-0.2, -0.15) is 0 Å². The fourth-order valence-corrected chi connectivity index (χ4v) is 2.84. The van der Waals surface area contributed by atoms with E-state index in [1.807, 2.05) is 0 Å². The lowest BCUT2D eigenvalue weighted by atomic mass is 9.80. The maximum atomic E-state index is 12.3. The average Bonchev–Trinajstić information content (AvgIpc) is 2.53. The quantitative estimate of drug-likeness (QED) is 0.723. The highest BCUT2D eigenvalue weighted by Crippen LogP contribution is 2.43. The molecule has 1 aliphatic rings. The van der Waals surface area contributed by atoms with Crippen LogP contribution in [0.15, 0.2) is 40.7 Å². The van der Waals surface area contributed by atoms with Crippen molar-refractivity contribution in [2.24, 2.45) is 0 Å². The number of phenols is 2. The van der Waals surface area contributed by atoms with Crippen molar-refractivity contribution in [3.8, 4) is 11.5 Å². The topological polar surface area (TPSA) is 105 Å². The van der Waals surface area contributed by atoms with Gasteiger partial charge in [0, 0.05) is 23.0 Å². The van der Waals surface area contributed by atoms with E-state index in [1.165, 1.54) is 26.4 Å². The Morgan fingerprint density at radius 1 is 1.00 bits per heavy atom. The zero-order chi connectivity index (χ0) is 18.0. The Bertz CT molecular complexity index is 724. The van der Waals surface area contributed by atoms with Crippen LogP contribution in [0.1, 0.15) is 25.3 Å². The van der Waals surface area contributed by atoms with Gasteiger partial charge in [-0.25, -0.2) is 9.59 Å². The molecule has 0 aromatic heterocycles. The number of esters is 2. The summed E-state index contributed by atoms with van der Waals surface area (Å²) in [5.74, 6) is -2.53. The number of ether oxygens (including phenoxy) is 2. The second-order valence-electron chi connectivity index (χ2n) is 5.36. The second-order valence-corrected chi connectivity index (χ2v) is 5.36. The number of aromatic hydroxyl groups is 2. The maximum absolute atomic E-state index is 12.3. The van der Waals surface area contributed by atoms with Crippen molar-refractivity contribution in [3.63, 3.8) is 0 Å². The molecule has 7 nitrogen and oxygen atoms in total. The van der Waals surface area contributed by atoms with E-state index in [1.54, 1.807) is 13.8 Å². The van der Waals surface area contributed by atoms with E-state index in [2.05, 4.69) is 5.32 Å². The van der Waals surface area contributed by atoms with E-state index in [0.29, 0.717) is 11.4 Å². The lowest BCUT2D eigenvalue weighted by Gasteiger charge is -2.30. The summed E-state index contributed by atoms with van der Waals surface area (Å²) in [6, 6.07) is 3.96. The van der Waals surface area contributed by atoms with Gasteiger partial charge in [0.25, 0.3) is 0 Å². The highest BCUT2D eigenvalue weighted by atomic mass is 16.5. The van der Waals surface area contributed by atoms with Gasteiger partial charge in [-0.1, -0.05) is 6.07 Å². The van der Waals surface area contributed by atoms with E-state index < -0.39 is 17.9 Å². The van der Waals surface area contributed by atoms with Crippen molar-refractivity contribution in [1.82, 2.24) is 5.32 Å². The summed E-state index contributed by atoms with van der Waals surface area (Å²) in [5, 5.41) is 22.7. The minimum Gasteiger partial charge on any atom is -0.508 e. The summed E-state index contributed by atoms with van der Waals surface area (Å²) in [4.78, 5) is 24.6. The Hall–Kier alpha value is -2.96. The Morgan fingerprint density at radius 3 is 1.92 bits per heavy atom. The number of rotatable bonds is 3. The first kappa shape index (κ1) is 17.4. The SMILES string of the molecule is COC(=O)C1=C(C)NC(C)=C(C(=O)OC)C1c1ccc(O)cc1O. The number of methoxy groups -OCH3 is 2. The molecule has 24 heavy (non-hydrogen) atoms. The minimum absolute atomic E-state index is 0.133. The number of phenolic OH excluding ortho intramolecular Hbond substituents is 2. The van der Waals surface area contributed by atoms with Crippen LogP contribution in [0.4, 0.5) is 0 Å². The maximum Gasteiger partial charge on any atom is 0.336 e. The number of benzene rings is 1. The third-order valence-corrected chi connectivity index (χ3v) is 3.90. The molecule has 0 radical (unpaired) electrons. The fraction of sp³-hybridized carbons (Fsp3) is 0.294. The number of hydrogen-bond donors (Lipinski definition) is 3. The zero-order valence-corrected chi connectivity index (χ0v) is 13.8. The largest absolute Gasteiger partial charge is 0.508 e. The Morgan fingerprint density at radius 2 is 1.50 bits per heavy atom. The van der Waals surface area contributed by atoms with Crippen molar-refractivity contribution < 1.29 is 29.3 Å². The summed E-state index contributed by atoms with van der Waals surface area (Å²) in [7, 11) is 2.47. The van der Waals surface area contributed by atoms with Gasteiger partial charge < -0.3 is 25.0 Å². The summed E-state index contributed by atoms with van der Waals surface area (Å²) in [5.41, 5.74) is 1.66. The van der Waals surface area contributed by atoms with Gasteiger partial charge in [-0.3, -0.25) is 0 Å². The Kier molecular flexibility index (Phi) is 4.82. The van der Waals surface area contributed by atoms with Crippen LogP contribution >= 0.6 is 0 Å². The molecule has 1 aromatic carbocycles.